The van der Waals surface area contributed by atoms with Crippen LogP contribution in [0.3, 0.4) is 0 Å². The number of rotatable bonds is 8. The van der Waals surface area contributed by atoms with Crippen molar-refractivity contribution in [3.05, 3.63) is 29.3 Å². The molecular weight excluding hydrogens is 322 g/mol. The highest BCUT2D eigenvalue weighted by Crippen LogP contribution is 2.34. The number of carbonyl (C=O) groups is 1. The summed E-state index contributed by atoms with van der Waals surface area (Å²) in [4.78, 5) is 12.3. The number of unbranched alkanes of at least 4 members (excludes halogenated alkanes) is 3. The molecule has 0 spiro atoms. The van der Waals surface area contributed by atoms with Crippen LogP contribution in [-0.2, 0) is 10.2 Å². The van der Waals surface area contributed by atoms with Crippen molar-refractivity contribution in [2.24, 2.45) is 5.92 Å². The predicted octanol–water partition coefficient (Wildman–Crippen LogP) is 6.42. The van der Waals surface area contributed by atoms with Crippen molar-refractivity contribution < 1.29 is 9.53 Å². The average Bonchev–Trinajstić information content (AvgIpc) is 3.12. The van der Waals surface area contributed by atoms with E-state index in [2.05, 4.69) is 33.8 Å². The Bertz CT molecular complexity index is 622. The Hall–Kier alpha value is -1.64. The van der Waals surface area contributed by atoms with Gasteiger partial charge in [-0.05, 0) is 42.4 Å². The maximum absolute atomic E-state index is 12.3. The Morgan fingerprint density at radius 3 is 2.46 bits per heavy atom. The Labute approximate surface area is 159 Å². The summed E-state index contributed by atoms with van der Waals surface area (Å²) < 4.78 is 5.69. The van der Waals surface area contributed by atoms with E-state index in [0.717, 1.165) is 44.1 Å². The van der Waals surface area contributed by atoms with Crippen LogP contribution in [0.25, 0.3) is 0 Å². The molecule has 0 amide bonds. The van der Waals surface area contributed by atoms with Gasteiger partial charge in [-0.1, -0.05) is 65.9 Å². The van der Waals surface area contributed by atoms with E-state index in [9.17, 15) is 4.79 Å². The molecule has 0 atom stereocenters. The van der Waals surface area contributed by atoms with Gasteiger partial charge < -0.3 is 10.1 Å². The van der Waals surface area contributed by atoms with E-state index >= 15 is 0 Å². The largest absolute Gasteiger partial charge is 0.426 e. The zero-order valence-electron chi connectivity index (χ0n) is 17.0. The Kier molecular flexibility index (Phi) is 7.43. The minimum atomic E-state index is -0.176. The summed E-state index contributed by atoms with van der Waals surface area (Å²) in [7, 11) is 0. The molecule has 1 saturated carbocycles. The van der Waals surface area contributed by atoms with Gasteiger partial charge in [-0.3, -0.25) is 4.79 Å². The molecule has 0 radical (unpaired) electrons. The monoisotopic (exact) mass is 357 g/mol. The molecule has 0 heterocycles. The molecule has 0 bridgehead atoms. The summed E-state index contributed by atoms with van der Waals surface area (Å²) >= 11 is 0. The number of benzene rings is 1. The fourth-order valence-electron chi connectivity index (χ4n) is 3.60. The Balaban J connectivity index is 2.18. The number of hydrogen-bond acceptors (Lipinski definition) is 3. The molecule has 0 aliphatic heterocycles. The van der Waals surface area contributed by atoms with Crippen molar-refractivity contribution in [1.82, 2.24) is 0 Å². The van der Waals surface area contributed by atoms with Gasteiger partial charge >= 0.3 is 5.97 Å². The molecular formula is C23H35NO2. The highest BCUT2D eigenvalue weighted by atomic mass is 16.5. The number of esters is 1. The SMILES string of the molecule is CCCCCCC(=O)Oc1ccc(C(C)(C)C)cc1C(=N)C1CCCC1. The van der Waals surface area contributed by atoms with Crippen LogP contribution in [0.2, 0.25) is 0 Å². The first kappa shape index (κ1) is 20.7. The lowest BCUT2D eigenvalue weighted by molar-refractivity contribution is -0.134. The first-order valence-electron chi connectivity index (χ1n) is 10.3. The smallest absolute Gasteiger partial charge is 0.311 e. The van der Waals surface area contributed by atoms with Crippen molar-refractivity contribution in [3.8, 4) is 5.75 Å². The molecule has 26 heavy (non-hydrogen) atoms. The van der Waals surface area contributed by atoms with Crippen LogP contribution < -0.4 is 4.74 Å². The van der Waals surface area contributed by atoms with Crippen LogP contribution in [0, 0.1) is 11.3 Å². The maximum Gasteiger partial charge on any atom is 0.311 e. The Morgan fingerprint density at radius 2 is 1.85 bits per heavy atom. The van der Waals surface area contributed by atoms with Gasteiger partial charge in [-0.25, -0.2) is 0 Å². The summed E-state index contributed by atoms with van der Waals surface area (Å²) in [6.07, 6.45) is 9.25. The van der Waals surface area contributed by atoms with Crippen molar-refractivity contribution in [2.75, 3.05) is 0 Å². The molecule has 0 unspecified atom stereocenters. The molecule has 0 aromatic heterocycles. The lowest BCUT2D eigenvalue weighted by Crippen LogP contribution is -2.18. The second-order valence-corrected chi connectivity index (χ2v) is 8.64. The zero-order valence-corrected chi connectivity index (χ0v) is 17.0. The molecule has 1 aliphatic rings. The molecule has 2 rings (SSSR count). The van der Waals surface area contributed by atoms with E-state index in [1.54, 1.807) is 0 Å². The first-order chi connectivity index (χ1) is 12.3. The van der Waals surface area contributed by atoms with Crippen LogP contribution in [0.5, 0.6) is 5.75 Å². The van der Waals surface area contributed by atoms with Gasteiger partial charge in [-0.15, -0.1) is 0 Å². The zero-order chi connectivity index (χ0) is 19.2. The third-order valence-corrected chi connectivity index (χ3v) is 5.36. The van der Waals surface area contributed by atoms with Crippen LogP contribution in [0.4, 0.5) is 0 Å². The number of carbonyl (C=O) groups excluding carboxylic acids is 1. The fraction of sp³-hybridized carbons (Fsp3) is 0.652. The molecule has 1 fully saturated rings. The number of ether oxygens (including phenoxy) is 1. The lowest BCUT2D eigenvalue weighted by Gasteiger charge is -2.22. The van der Waals surface area contributed by atoms with E-state index in [0.29, 0.717) is 23.8 Å². The van der Waals surface area contributed by atoms with Gasteiger partial charge in [0.15, 0.2) is 0 Å². The first-order valence-corrected chi connectivity index (χ1v) is 10.3. The average molecular weight is 358 g/mol. The van der Waals surface area contributed by atoms with E-state index in [4.69, 9.17) is 10.1 Å². The summed E-state index contributed by atoms with van der Waals surface area (Å²) in [6, 6.07) is 5.99. The standard InChI is InChI=1S/C23H35NO2/c1-5-6-7-8-13-21(25)26-20-15-14-18(23(2,3)4)16-19(20)22(24)17-11-9-10-12-17/h14-17,24H,5-13H2,1-4H3. The van der Waals surface area contributed by atoms with Crippen LogP contribution in [0.15, 0.2) is 18.2 Å². The third kappa shape index (κ3) is 5.69. The molecule has 0 saturated heterocycles. The summed E-state index contributed by atoms with van der Waals surface area (Å²) in [5, 5.41) is 8.71. The molecule has 1 aromatic rings. The maximum atomic E-state index is 12.3. The Morgan fingerprint density at radius 1 is 1.15 bits per heavy atom. The minimum absolute atomic E-state index is 0.00734. The van der Waals surface area contributed by atoms with Crippen molar-refractivity contribution in [3.63, 3.8) is 0 Å². The molecule has 1 aromatic carbocycles. The fourth-order valence-corrected chi connectivity index (χ4v) is 3.60. The van der Waals surface area contributed by atoms with Gasteiger partial charge in [0.25, 0.3) is 0 Å². The van der Waals surface area contributed by atoms with Crippen LogP contribution >= 0.6 is 0 Å². The summed E-state index contributed by atoms with van der Waals surface area (Å²) in [6.45, 7) is 8.68. The topological polar surface area (TPSA) is 50.2 Å². The van der Waals surface area contributed by atoms with Gasteiger partial charge in [0.1, 0.15) is 5.75 Å². The van der Waals surface area contributed by atoms with Crippen LogP contribution in [-0.4, -0.2) is 11.7 Å². The van der Waals surface area contributed by atoms with Gasteiger partial charge in [0, 0.05) is 23.6 Å². The van der Waals surface area contributed by atoms with E-state index in [1.807, 2.05) is 12.1 Å². The normalized spacial score (nSPS) is 15.2. The molecule has 1 aliphatic carbocycles. The minimum Gasteiger partial charge on any atom is -0.426 e. The highest BCUT2D eigenvalue weighted by Gasteiger charge is 2.25. The molecule has 144 valence electrons. The second kappa shape index (κ2) is 9.34. The van der Waals surface area contributed by atoms with E-state index < -0.39 is 0 Å². The predicted molar refractivity (Wildman–Crippen MR) is 108 cm³/mol. The summed E-state index contributed by atoms with van der Waals surface area (Å²) in [5.74, 6) is 0.688. The van der Waals surface area contributed by atoms with Gasteiger partial charge in [0.05, 0.1) is 0 Å². The van der Waals surface area contributed by atoms with Crippen molar-refractivity contribution in [2.45, 2.75) is 90.9 Å². The van der Waals surface area contributed by atoms with E-state index in [1.165, 1.54) is 18.4 Å². The second-order valence-electron chi connectivity index (χ2n) is 8.64. The molecule has 3 nitrogen and oxygen atoms in total. The van der Waals surface area contributed by atoms with Crippen molar-refractivity contribution >= 4 is 11.7 Å². The van der Waals surface area contributed by atoms with Gasteiger partial charge in [0.2, 0.25) is 0 Å². The third-order valence-electron chi connectivity index (χ3n) is 5.36. The van der Waals surface area contributed by atoms with E-state index in [-0.39, 0.29) is 11.4 Å². The molecule has 1 N–H and O–H groups in total. The number of nitrogens with one attached hydrogen (secondary N) is 1. The lowest BCUT2D eigenvalue weighted by atomic mass is 9.84. The quantitative estimate of drug-likeness (QED) is 0.253. The summed E-state index contributed by atoms with van der Waals surface area (Å²) in [5.41, 5.74) is 2.64. The number of hydrogen-bond donors (Lipinski definition) is 1. The van der Waals surface area contributed by atoms with Crippen molar-refractivity contribution in [1.29, 1.82) is 5.41 Å². The highest BCUT2D eigenvalue weighted by molar-refractivity contribution is 6.03. The van der Waals surface area contributed by atoms with Crippen LogP contribution in [0.1, 0.15) is 96.6 Å². The van der Waals surface area contributed by atoms with Gasteiger partial charge in [-0.2, -0.15) is 0 Å². The molecule has 3 heteroatoms.